The average molecular weight is 304 g/mol. The van der Waals surface area contributed by atoms with Gasteiger partial charge in [0.25, 0.3) is 0 Å². The maximum absolute atomic E-state index is 12.4. The third-order valence-corrected chi connectivity index (χ3v) is 4.08. The minimum absolute atomic E-state index is 0.104. The first-order chi connectivity index (χ1) is 10.6. The number of nitrogens with one attached hydrogen (secondary N) is 2. The first-order valence-electron chi connectivity index (χ1n) is 7.73. The van der Waals surface area contributed by atoms with Gasteiger partial charge in [-0.25, -0.2) is 0 Å². The summed E-state index contributed by atoms with van der Waals surface area (Å²) in [6, 6.07) is 9.65. The molecule has 22 heavy (non-hydrogen) atoms. The first kappa shape index (κ1) is 16.5. The summed E-state index contributed by atoms with van der Waals surface area (Å²) in [5.74, 6) is -0.338. The molecule has 0 spiro atoms. The Labute approximate surface area is 131 Å². The van der Waals surface area contributed by atoms with Crippen molar-refractivity contribution in [3.63, 3.8) is 0 Å². The summed E-state index contributed by atoms with van der Waals surface area (Å²) in [6.07, 6.45) is 1.99. The van der Waals surface area contributed by atoms with Gasteiger partial charge in [0.2, 0.25) is 11.8 Å². The summed E-state index contributed by atoms with van der Waals surface area (Å²) in [5, 5.41) is 5.79. The standard InChI is InChI=1S/C17H24N2O3/c1-13(14-7-4-3-5-8-14)19-16(21)17(9-10-17)15(20)18-11-6-12-22-2/h3-5,7-8,13H,6,9-12H2,1-2H3,(H,18,20)(H,19,21). The summed E-state index contributed by atoms with van der Waals surface area (Å²) in [7, 11) is 1.63. The van der Waals surface area contributed by atoms with Gasteiger partial charge in [-0.05, 0) is 31.7 Å². The quantitative estimate of drug-likeness (QED) is 0.568. The molecule has 5 nitrogen and oxygen atoms in total. The second-order valence-electron chi connectivity index (χ2n) is 5.79. The van der Waals surface area contributed by atoms with Crippen LogP contribution < -0.4 is 10.6 Å². The van der Waals surface area contributed by atoms with Crippen LogP contribution in [-0.2, 0) is 14.3 Å². The molecule has 1 fully saturated rings. The zero-order valence-electron chi connectivity index (χ0n) is 13.2. The predicted molar refractivity (Wildman–Crippen MR) is 84.2 cm³/mol. The molecule has 0 bridgehead atoms. The number of ether oxygens (including phenoxy) is 1. The van der Waals surface area contributed by atoms with Gasteiger partial charge >= 0.3 is 0 Å². The summed E-state index contributed by atoms with van der Waals surface area (Å²) >= 11 is 0. The van der Waals surface area contributed by atoms with Crippen LogP contribution in [0.25, 0.3) is 0 Å². The maximum atomic E-state index is 12.4. The molecule has 0 radical (unpaired) electrons. The molecule has 1 unspecified atom stereocenters. The lowest BCUT2D eigenvalue weighted by molar-refractivity contribution is -0.137. The first-order valence-corrected chi connectivity index (χ1v) is 7.73. The van der Waals surface area contributed by atoms with Gasteiger partial charge in [0.15, 0.2) is 0 Å². The summed E-state index contributed by atoms with van der Waals surface area (Å²) in [5.41, 5.74) is 0.169. The molecule has 2 amide bonds. The highest BCUT2D eigenvalue weighted by molar-refractivity contribution is 6.07. The van der Waals surface area contributed by atoms with E-state index in [1.54, 1.807) is 7.11 Å². The lowest BCUT2D eigenvalue weighted by Gasteiger charge is -2.19. The van der Waals surface area contributed by atoms with Crippen LogP contribution in [0, 0.1) is 5.41 Å². The Kier molecular flexibility index (Phi) is 5.55. The van der Waals surface area contributed by atoms with Crippen molar-refractivity contribution in [1.82, 2.24) is 10.6 Å². The lowest BCUT2D eigenvalue weighted by Crippen LogP contribution is -2.44. The van der Waals surface area contributed by atoms with Gasteiger partial charge in [-0.15, -0.1) is 0 Å². The molecule has 1 aromatic carbocycles. The van der Waals surface area contributed by atoms with Gasteiger partial charge in [-0.3, -0.25) is 9.59 Å². The van der Waals surface area contributed by atoms with E-state index >= 15 is 0 Å². The van der Waals surface area contributed by atoms with Crippen molar-refractivity contribution in [2.45, 2.75) is 32.2 Å². The number of hydrogen-bond donors (Lipinski definition) is 2. The van der Waals surface area contributed by atoms with Gasteiger partial charge in [-0.2, -0.15) is 0 Å². The van der Waals surface area contributed by atoms with Crippen molar-refractivity contribution in [1.29, 1.82) is 0 Å². The zero-order valence-corrected chi connectivity index (χ0v) is 13.2. The minimum Gasteiger partial charge on any atom is -0.385 e. The highest BCUT2D eigenvalue weighted by Gasteiger charge is 2.56. The van der Waals surface area contributed by atoms with Gasteiger partial charge < -0.3 is 15.4 Å². The third-order valence-electron chi connectivity index (χ3n) is 4.08. The Morgan fingerprint density at radius 1 is 1.23 bits per heavy atom. The molecular formula is C17H24N2O3. The molecule has 2 N–H and O–H groups in total. The van der Waals surface area contributed by atoms with Gasteiger partial charge in [0.05, 0.1) is 6.04 Å². The van der Waals surface area contributed by atoms with Crippen molar-refractivity contribution < 1.29 is 14.3 Å². The molecule has 1 aliphatic rings. The lowest BCUT2D eigenvalue weighted by atomic mass is 10.0. The Hall–Kier alpha value is -1.88. The van der Waals surface area contributed by atoms with E-state index in [1.807, 2.05) is 37.3 Å². The van der Waals surface area contributed by atoms with E-state index in [2.05, 4.69) is 10.6 Å². The van der Waals surface area contributed by atoms with E-state index < -0.39 is 5.41 Å². The molecule has 1 aromatic rings. The smallest absolute Gasteiger partial charge is 0.236 e. The molecule has 0 heterocycles. The predicted octanol–water partition coefficient (Wildman–Crippen LogP) is 1.80. The van der Waals surface area contributed by atoms with Gasteiger partial charge in [0, 0.05) is 20.3 Å². The van der Waals surface area contributed by atoms with E-state index in [4.69, 9.17) is 4.74 Å². The molecule has 0 aromatic heterocycles. The van der Waals surface area contributed by atoms with Crippen molar-refractivity contribution >= 4 is 11.8 Å². The number of methoxy groups -OCH3 is 1. The van der Waals surface area contributed by atoms with Crippen LogP contribution in [0.5, 0.6) is 0 Å². The number of amides is 2. The molecule has 120 valence electrons. The fourth-order valence-corrected chi connectivity index (χ4v) is 2.43. The fourth-order valence-electron chi connectivity index (χ4n) is 2.43. The molecule has 2 rings (SSSR count). The van der Waals surface area contributed by atoms with E-state index in [9.17, 15) is 9.59 Å². The van der Waals surface area contributed by atoms with E-state index in [0.29, 0.717) is 26.0 Å². The van der Waals surface area contributed by atoms with Gasteiger partial charge in [-0.1, -0.05) is 30.3 Å². The number of benzene rings is 1. The van der Waals surface area contributed by atoms with Crippen LogP contribution in [0.2, 0.25) is 0 Å². The summed E-state index contributed by atoms with van der Waals surface area (Å²) in [4.78, 5) is 24.7. The topological polar surface area (TPSA) is 67.4 Å². The van der Waals surface area contributed by atoms with Crippen LogP contribution in [-0.4, -0.2) is 32.1 Å². The molecule has 0 saturated heterocycles. The van der Waals surface area contributed by atoms with Crippen LogP contribution in [0.1, 0.15) is 37.8 Å². The number of rotatable bonds is 8. The van der Waals surface area contributed by atoms with Gasteiger partial charge in [0.1, 0.15) is 5.41 Å². The maximum Gasteiger partial charge on any atom is 0.236 e. The monoisotopic (exact) mass is 304 g/mol. The van der Waals surface area contributed by atoms with E-state index in [-0.39, 0.29) is 17.9 Å². The highest BCUT2D eigenvalue weighted by atomic mass is 16.5. The molecule has 5 heteroatoms. The Morgan fingerprint density at radius 2 is 1.91 bits per heavy atom. The van der Waals surface area contributed by atoms with Crippen molar-refractivity contribution in [2.24, 2.45) is 5.41 Å². The minimum atomic E-state index is -0.865. The molecule has 1 aliphatic carbocycles. The second-order valence-corrected chi connectivity index (χ2v) is 5.79. The number of carbonyl (C=O) groups excluding carboxylic acids is 2. The van der Waals surface area contributed by atoms with Crippen LogP contribution in [0.4, 0.5) is 0 Å². The SMILES string of the molecule is COCCCNC(=O)C1(C(=O)NC(C)c2ccccc2)CC1. The molecule has 1 atom stereocenters. The Balaban J connectivity index is 1.87. The normalized spacial score (nSPS) is 16.6. The summed E-state index contributed by atoms with van der Waals surface area (Å²) < 4.78 is 4.94. The largest absolute Gasteiger partial charge is 0.385 e. The number of hydrogen-bond acceptors (Lipinski definition) is 3. The molecule has 1 saturated carbocycles. The fraction of sp³-hybridized carbons (Fsp3) is 0.529. The van der Waals surface area contributed by atoms with Crippen LogP contribution in [0.3, 0.4) is 0 Å². The highest BCUT2D eigenvalue weighted by Crippen LogP contribution is 2.46. The summed E-state index contributed by atoms with van der Waals surface area (Å²) in [6.45, 7) is 3.07. The van der Waals surface area contributed by atoms with Crippen molar-refractivity contribution in [2.75, 3.05) is 20.3 Å². The van der Waals surface area contributed by atoms with Crippen LogP contribution >= 0.6 is 0 Å². The van der Waals surface area contributed by atoms with Crippen molar-refractivity contribution in [3.05, 3.63) is 35.9 Å². The zero-order chi connectivity index (χ0) is 16.0. The Morgan fingerprint density at radius 3 is 2.50 bits per heavy atom. The third kappa shape index (κ3) is 3.85. The number of carbonyl (C=O) groups is 2. The van der Waals surface area contributed by atoms with E-state index in [1.165, 1.54) is 0 Å². The van der Waals surface area contributed by atoms with Crippen LogP contribution in [0.15, 0.2) is 30.3 Å². The molecular weight excluding hydrogens is 280 g/mol. The van der Waals surface area contributed by atoms with Crippen molar-refractivity contribution in [3.8, 4) is 0 Å². The molecule has 0 aliphatic heterocycles. The second kappa shape index (κ2) is 7.40. The van der Waals surface area contributed by atoms with E-state index in [0.717, 1.165) is 12.0 Å². The Bertz CT molecular complexity index is 512. The average Bonchev–Trinajstić information content (AvgIpc) is 3.34.